The van der Waals surface area contributed by atoms with Crippen molar-refractivity contribution >= 4 is 10.0 Å². The average molecular weight is 305 g/mol. The van der Waals surface area contributed by atoms with Crippen molar-refractivity contribution in [2.45, 2.75) is 37.6 Å². The highest BCUT2D eigenvalue weighted by atomic mass is 32.2. The van der Waals surface area contributed by atoms with Gasteiger partial charge in [0.2, 0.25) is 10.0 Å². The summed E-state index contributed by atoms with van der Waals surface area (Å²) in [6.07, 6.45) is 5.42. The van der Waals surface area contributed by atoms with Gasteiger partial charge in [0.05, 0.1) is 19.3 Å². The van der Waals surface area contributed by atoms with Crippen LogP contribution >= 0.6 is 0 Å². The monoisotopic (exact) mass is 305 g/mol. The summed E-state index contributed by atoms with van der Waals surface area (Å²) in [4.78, 5) is 0.109. The molecule has 0 atom stereocenters. The molecule has 1 heterocycles. The van der Waals surface area contributed by atoms with Crippen molar-refractivity contribution < 1.29 is 18.3 Å². The molecule has 0 amide bonds. The van der Waals surface area contributed by atoms with Crippen LogP contribution in [0.15, 0.2) is 17.3 Å². The number of aromatic nitrogens is 2. The third kappa shape index (κ3) is 6.00. The summed E-state index contributed by atoms with van der Waals surface area (Å²) in [7, 11) is -3.53. The second-order valence-corrected chi connectivity index (χ2v) is 6.15. The van der Waals surface area contributed by atoms with Gasteiger partial charge in [-0.25, -0.2) is 13.1 Å². The van der Waals surface area contributed by atoms with E-state index in [1.807, 2.05) is 0 Å². The fraction of sp³-hybridized carbons (Fsp3) is 0.750. The molecule has 0 unspecified atom stereocenters. The van der Waals surface area contributed by atoms with E-state index in [-0.39, 0.29) is 18.0 Å². The van der Waals surface area contributed by atoms with Crippen molar-refractivity contribution in [3.8, 4) is 0 Å². The summed E-state index contributed by atoms with van der Waals surface area (Å²) in [5.41, 5.74) is 0. The van der Waals surface area contributed by atoms with Crippen LogP contribution in [-0.4, -0.2) is 49.7 Å². The molecule has 0 saturated carbocycles. The van der Waals surface area contributed by atoms with Gasteiger partial charge in [-0.15, -0.1) is 0 Å². The zero-order chi connectivity index (χ0) is 14.8. The maximum atomic E-state index is 11.9. The molecule has 1 aromatic heterocycles. The lowest BCUT2D eigenvalue weighted by Gasteiger charge is -2.05. The highest BCUT2D eigenvalue weighted by molar-refractivity contribution is 7.89. The second-order valence-electron chi connectivity index (χ2n) is 4.38. The Balaban J connectivity index is 2.30. The van der Waals surface area contributed by atoms with Crippen LogP contribution in [0.1, 0.15) is 26.2 Å². The SMILES string of the molecule is CCCCOCCCNS(=O)(=O)c1cnn(CCO)c1. The standard InChI is InChI=1S/C12H23N3O4S/c1-2-3-8-19-9-4-5-14-20(17,18)12-10-13-15(11-12)6-7-16/h10-11,14,16H,2-9H2,1H3. The van der Waals surface area contributed by atoms with E-state index in [0.717, 1.165) is 19.4 Å². The van der Waals surface area contributed by atoms with Gasteiger partial charge < -0.3 is 9.84 Å². The van der Waals surface area contributed by atoms with Gasteiger partial charge in [0.25, 0.3) is 0 Å². The molecule has 8 heteroatoms. The molecule has 2 N–H and O–H groups in total. The lowest BCUT2D eigenvalue weighted by Crippen LogP contribution is -2.25. The lowest BCUT2D eigenvalue weighted by atomic mass is 10.4. The van der Waals surface area contributed by atoms with Crippen LogP contribution in [0.25, 0.3) is 0 Å². The van der Waals surface area contributed by atoms with Crippen LogP contribution in [0.4, 0.5) is 0 Å². The molecule has 0 fully saturated rings. The van der Waals surface area contributed by atoms with E-state index in [1.165, 1.54) is 17.1 Å². The fourth-order valence-electron chi connectivity index (χ4n) is 1.52. The minimum absolute atomic E-state index is 0.0797. The van der Waals surface area contributed by atoms with Crippen LogP contribution in [0.2, 0.25) is 0 Å². The van der Waals surface area contributed by atoms with E-state index < -0.39 is 10.0 Å². The van der Waals surface area contributed by atoms with Crippen molar-refractivity contribution in [2.24, 2.45) is 0 Å². The molecule has 0 bridgehead atoms. The van der Waals surface area contributed by atoms with E-state index in [0.29, 0.717) is 19.6 Å². The number of hydrogen-bond acceptors (Lipinski definition) is 5. The van der Waals surface area contributed by atoms with Gasteiger partial charge in [-0.1, -0.05) is 13.3 Å². The Labute approximate surface area is 120 Å². The number of aliphatic hydroxyl groups excluding tert-OH is 1. The first-order valence-electron chi connectivity index (χ1n) is 6.81. The van der Waals surface area contributed by atoms with Crippen molar-refractivity contribution in [1.82, 2.24) is 14.5 Å². The number of unbranched alkanes of at least 4 members (excludes halogenated alkanes) is 1. The van der Waals surface area contributed by atoms with E-state index in [2.05, 4.69) is 16.7 Å². The highest BCUT2D eigenvalue weighted by Gasteiger charge is 2.15. The third-order valence-electron chi connectivity index (χ3n) is 2.65. The zero-order valence-corrected chi connectivity index (χ0v) is 12.6. The Morgan fingerprint density at radius 3 is 2.85 bits per heavy atom. The maximum absolute atomic E-state index is 11.9. The van der Waals surface area contributed by atoms with E-state index in [4.69, 9.17) is 9.84 Å². The van der Waals surface area contributed by atoms with Gasteiger partial charge >= 0.3 is 0 Å². The molecule has 1 rings (SSSR count). The molecule has 0 radical (unpaired) electrons. The minimum Gasteiger partial charge on any atom is -0.394 e. The number of rotatable bonds is 11. The van der Waals surface area contributed by atoms with Crippen LogP contribution in [0, 0.1) is 0 Å². The summed E-state index contributed by atoms with van der Waals surface area (Å²) in [5.74, 6) is 0. The van der Waals surface area contributed by atoms with Crippen LogP contribution in [0.3, 0.4) is 0 Å². The molecule has 0 aromatic carbocycles. The molecule has 20 heavy (non-hydrogen) atoms. The Morgan fingerprint density at radius 2 is 2.15 bits per heavy atom. The van der Waals surface area contributed by atoms with Gasteiger partial charge in [0.1, 0.15) is 4.90 Å². The molecule has 116 valence electrons. The van der Waals surface area contributed by atoms with Crippen molar-refractivity contribution in [1.29, 1.82) is 0 Å². The summed E-state index contributed by atoms with van der Waals surface area (Å²) in [6.45, 7) is 3.89. The molecule has 7 nitrogen and oxygen atoms in total. The topological polar surface area (TPSA) is 93.5 Å². The summed E-state index contributed by atoms with van der Waals surface area (Å²) >= 11 is 0. The highest BCUT2D eigenvalue weighted by Crippen LogP contribution is 2.06. The molecule has 1 aromatic rings. The van der Waals surface area contributed by atoms with Crippen molar-refractivity contribution in [2.75, 3.05) is 26.4 Å². The van der Waals surface area contributed by atoms with Crippen molar-refractivity contribution in [3.63, 3.8) is 0 Å². The predicted octanol–water partition coefficient (Wildman–Crippen LogP) is 0.360. The summed E-state index contributed by atoms with van der Waals surface area (Å²) in [5, 5.41) is 12.6. The summed E-state index contributed by atoms with van der Waals surface area (Å²) in [6, 6.07) is 0. The molecule has 0 aliphatic rings. The first-order chi connectivity index (χ1) is 9.60. The number of aliphatic hydroxyl groups is 1. The molecule has 0 saturated heterocycles. The van der Waals surface area contributed by atoms with E-state index in [1.54, 1.807) is 0 Å². The average Bonchev–Trinajstić information content (AvgIpc) is 2.88. The minimum atomic E-state index is -3.53. The number of hydrogen-bond donors (Lipinski definition) is 2. The van der Waals surface area contributed by atoms with Gasteiger partial charge in [-0.2, -0.15) is 5.10 Å². The Hall–Kier alpha value is -0.960. The van der Waals surface area contributed by atoms with Crippen LogP contribution in [0.5, 0.6) is 0 Å². The quantitative estimate of drug-likeness (QED) is 0.576. The Kier molecular flexibility index (Phi) is 7.75. The third-order valence-corrected chi connectivity index (χ3v) is 4.06. The predicted molar refractivity (Wildman–Crippen MR) is 74.8 cm³/mol. The van der Waals surface area contributed by atoms with E-state index in [9.17, 15) is 8.42 Å². The molecular weight excluding hydrogens is 282 g/mol. The smallest absolute Gasteiger partial charge is 0.243 e. The normalized spacial score (nSPS) is 11.9. The number of nitrogens with one attached hydrogen (secondary N) is 1. The second kappa shape index (κ2) is 9.06. The van der Waals surface area contributed by atoms with Crippen LogP contribution in [-0.2, 0) is 21.3 Å². The van der Waals surface area contributed by atoms with Gasteiger partial charge in [0, 0.05) is 26.0 Å². The Bertz CT molecular complexity index is 473. The van der Waals surface area contributed by atoms with Gasteiger partial charge in [-0.3, -0.25) is 4.68 Å². The first-order valence-corrected chi connectivity index (χ1v) is 8.29. The molecule has 0 aliphatic heterocycles. The van der Waals surface area contributed by atoms with Gasteiger partial charge in [0.15, 0.2) is 0 Å². The largest absolute Gasteiger partial charge is 0.394 e. The molecule has 0 spiro atoms. The first kappa shape index (κ1) is 17.1. The van der Waals surface area contributed by atoms with Crippen molar-refractivity contribution in [3.05, 3.63) is 12.4 Å². The number of nitrogens with zero attached hydrogens (tertiary/aromatic N) is 2. The number of ether oxygens (including phenoxy) is 1. The van der Waals surface area contributed by atoms with Gasteiger partial charge in [-0.05, 0) is 12.8 Å². The fourth-order valence-corrected chi connectivity index (χ4v) is 2.55. The molecular formula is C12H23N3O4S. The Morgan fingerprint density at radius 1 is 1.40 bits per heavy atom. The zero-order valence-electron chi connectivity index (χ0n) is 11.8. The van der Waals surface area contributed by atoms with E-state index >= 15 is 0 Å². The van der Waals surface area contributed by atoms with Crippen LogP contribution < -0.4 is 4.72 Å². The number of sulfonamides is 1. The molecule has 0 aliphatic carbocycles. The summed E-state index contributed by atoms with van der Waals surface area (Å²) < 4.78 is 33.1. The maximum Gasteiger partial charge on any atom is 0.243 e. The lowest BCUT2D eigenvalue weighted by molar-refractivity contribution is 0.130.